The lowest BCUT2D eigenvalue weighted by Crippen LogP contribution is -2.22. The maximum Gasteiger partial charge on any atom is 0.435 e. The lowest BCUT2D eigenvalue weighted by molar-refractivity contribution is -0.141. The van der Waals surface area contributed by atoms with Crippen molar-refractivity contribution in [3.8, 4) is 0 Å². The molecule has 14 heavy (non-hydrogen) atoms. The summed E-state index contributed by atoms with van der Waals surface area (Å²) < 4.78 is 36.3. The van der Waals surface area contributed by atoms with Crippen LogP contribution in [-0.2, 0) is 11.7 Å². The average molecular weight is 203 g/mol. The first-order valence-electron chi connectivity index (χ1n) is 4.12. The number of nitrogens with two attached hydrogens (primary N) is 1. The van der Waals surface area contributed by atoms with Gasteiger partial charge in [0.1, 0.15) is 0 Å². The number of aromatic nitrogens is 2. The van der Waals surface area contributed by atoms with E-state index in [1.165, 1.54) is 6.07 Å². The fourth-order valence-electron chi connectivity index (χ4n) is 1.14. The molecular weight excluding hydrogens is 195 g/mol. The van der Waals surface area contributed by atoms with E-state index in [4.69, 9.17) is 5.73 Å². The van der Waals surface area contributed by atoms with Gasteiger partial charge >= 0.3 is 6.18 Å². The van der Waals surface area contributed by atoms with Gasteiger partial charge in [-0.3, -0.25) is 0 Å². The molecule has 0 saturated heterocycles. The first kappa shape index (κ1) is 9.39. The van der Waals surface area contributed by atoms with E-state index in [1.807, 2.05) is 0 Å². The van der Waals surface area contributed by atoms with Crippen LogP contribution in [0.15, 0.2) is 12.1 Å². The molecule has 2 N–H and O–H groups in total. The third kappa shape index (κ3) is 1.57. The summed E-state index contributed by atoms with van der Waals surface area (Å²) >= 11 is 0. The van der Waals surface area contributed by atoms with E-state index in [0.29, 0.717) is 5.69 Å². The van der Waals surface area contributed by atoms with Gasteiger partial charge in [-0.25, -0.2) is 0 Å². The Morgan fingerprint density at radius 2 is 1.86 bits per heavy atom. The van der Waals surface area contributed by atoms with Crippen molar-refractivity contribution in [2.75, 3.05) is 0 Å². The molecule has 1 aliphatic carbocycles. The fourth-order valence-corrected chi connectivity index (χ4v) is 1.14. The van der Waals surface area contributed by atoms with Crippen LogP contribution in [0.4, 0.5) is 13.2 Å². The maximum absolute atomic E-state index is 12.1. The normalized spacial score (nSPS) is 19.4. The highest BCUT2D eigenvalue weighted by atomic mass is 19.4. The van der Waals surface area contributed by atoms with Crippen molar-refractivity contribution in [1.29, 1.82) is 0 Å². The molecule has 3 nitrogen and oxygen atoms in total. The Bertz CT molecular complexity index is 316. The average Bonchev–Trinajstić information content (AvgIpc) is 2.84. The van der Waals surface area contributed by atoms with Crippen LogP contribution in [-0.4, -0.2) is 10.2 Å². The number of nitrogens with zero attached hydrogens (tertiary/aromatic N) is 2. The van der Waals surface area contributed by atoms with Crippen LogP contribution in [0.5, 0.6) is 0 Å². The van der Waals surface area contributed by atoms with E-state index < -0.39 is 17.4 Å². The van der Waals surface area contributed by atoms with Gasteiger partial charge in [-0.2, -0.15) is 18.3 Å². The molecule has 0 aliphatic heterocycles. The molecule has 0 radical (unpaired) electrons. The van der Waals surface area contributed by atoms with Crippen molar-refractivity contribution in [2.45, 2.75) is 24.6 Å². The van der Waals surface area contributed by atoms with Gasteiger partial charge in [0.25, 0.3) is 0 Å². The zero-order valence-electron chi connectivity index (χ0n) is 7.17. The van der Waals surface area contributed by atoms with Crippen molar-refractivity contribution >= 4 is 0 Å². The van der Waals surface area contributed by atoms with Crippen molar-refractivity contribution in [3.05, 3.63) is 23.5 Å². The summed E-state index contributed by atoms with van der Waals surface area (Å²) in [5.74, 6) is 0. The highest BCUT2D eigenvalue weighted by Crippen LogP contribution is 2.41. The molecule has 1 aromatic rings. The molecule has 1 aromatic heterocycles. The van der Waals surface area contributed by atoms with Gasteiger partial charge in [0.15, 0.2) is 5.69 Å². The molecule has 6 heteroatoms. The number of hydrogen-bond donors (Lipinski definition) is 1. The second-order valence-corrected chi connectivity index (χ2v) is 3.46. The lowest BCUT2D eigenvalue weighted by Gasteiger charge is -2.08. The Labute approximate surface area is 78.1 Å². The van der Waals surface area contributed by atoms with Crippen molar-refractivity contribution in [3.63, 3.8) is 0 Å². The molecule has 0 amide bonds. The SMILES string of the molecule is NC1(c2ccc(C(F)(F)F)nn2)CC1. The smallest absolute Gasteiger partial charge is 0.320 e. The summed E-state index contributed by atoms with van der Waals surface area (Å²) in [5.41, 5.74) is 4.67. The Morgan fingerprint density at radius 3 is 2.21 bits per heavy atom. The molecule has 76 valence electrons. The molecule has 0 unspecified atom stereocenters. The zero-order valence-corrected chi connectivity index (χ0v) is 7.17. The Hall–Kier alpha value is -1.17. The molecule has 0 atom stereocenters. The fraction of sp³-hybridized carbons (Fsp3) is 0.500. The quantitative estimate of drug-likeness (QED) is 0.751. The minimum atomic E-state index is -4.43. The number of alkyl halides is 3. The summed E-state index contributed by atoms with van der Waals surface area (Å²) in [5, 5.41) is 6.59. The third-order valence-electron chi connectivity index (χ3n) is 2.25. The molecular formula is C8H8F3N3. The van der Waals surface area contributed by atoms with Gasteiger partial charge < -0.3 is 5.73 Å². The van der Waals surface area contributed by atoms with Crippen LogP contribution >= 0.6 is 0 Å². The Morgan fingerprint density at radius 1 is 1.21 bits per heavy atom. The second kappa shape index (κ2) is 2.66. The van der Waals surface area contributed by atoms with E-state index in [9.17, 15) is 13.2 Å². The molecule has 2 rings (SSSR count). The standard InChI is InChI=1S/C8H8F3N3/c9-8(10,11)6-2-1-5(13-14-6)7(12)3-4-7/h1-2H,3-4,12H2. The molecule has 0 aromatic carbocycles. The predicted octanol–water partition coefficient (Wildman–Crippen LogP) is 1.44. The molecule has 0 spiro atoms. The summed E-state index contributed by atoms with van der Waals surface area (Å²) in [6, 6.07) is 2.21. The summed E-state index contributed by atoms with van der Waals surface area (Å²) in [6.45, 7) is 0. The molecule has 0 bridgehead atoms. The van der Waals surface area contributed by atoms with Gasteiger partial charge in [0, 0.05) is 0 Å². The second-order valence-electron chi connectivity index (χ2n) is 3.46. The Balaban J connectivity index is 2.27. The van der Waals surface area contributed by atoms with E-state index in [2.05, 4.69) is 10.2 Å². The first-order chi connectivity index (χ1) is 6.42. The highest BCUT2D eigenvalue weighted by molar-refractivity contribution is 5.22. The van der Waals surface area contributed by atoms with Crippen LogP contribution in [0.2, 0.25) is 0 Å². The molecule has 1 saturated carbocycles. The third-order valence-corrected chi connectivity index (χ3v) is 2.25. The topological polar surface area (TPSA) is 51.8 Å². The predicted molar refractivity (Wildman–Crippen MR) is 42.1 cm³/mol. The number of halogens is 3. The highest BCUT2D eigenvalue weighted by Gasteiger charge is 2.42. The van der Waals surface area contributed by atoms with Crippen LogP contribution in [0.1, 0.15) is 24.2 Å². The van der Waals surface area contributed by atoms with Crippen molar-refractivity contribution in [1.82, 2.24) is 10.2 Å². The molecule has 1 heterocycles. The van der Waals surface area contributed by atoms with E-state index >= 15 is 0 Å². The summed E-state index contributed by atoms with van der Waals surface area (Å²) in [4.78, 5) is 0. The largest absolute Gasteiger partial charge is 0.435 e. The zero-order chi connectivity index (χ0) is 10.4. The van der Waals surface area contributed by atoms with E-state index in [0.717, 1.165) is 18.9 Å². The number of rotatable bonds is 1. The lowest BCUT2D eigenvalue weighted by atomic mass is 10.2. The monoisotopic (exact) mass is 203 g/mol. The van der Waals surface area contributed by atoms with Crippen LogP contribution in [0, 0.1) is 0 Å². The van der Waals surface area contributed by atoms with Gasteiger partial charge in [-0.05, 0) is 25.0 Å². The van der Waals surface area contributed by atoms with Gasteiger partial charge in [-0.1, -0.05) is 0 Å². The minimum Gasteiger partial charge on any atom is -0.320 e. The van der Waals surface area contributed by atoms with Gasteiger partial charge in [0.05, 0.1) is 11.2 Å². The first-order valence-corrected chi connectivity index (χ1v) is 4.12. The molecule has 1 aliphatic rings. The van der Waals surface area contributed by atoms with Crippen LogP contribution in [0.3, 0.4) is 0 Å². The molecule has 1 fully saturated rings. The Kier molecular flexibility index (Phi) is 1.79. The van der Waals surface area contributed by atoms with E-state index in [-0.39, 0.29) is 0 Å². The minimum absolute atomic E-state index is 0.436. The maximum atomic E-state index is 12.1. The number of hydrogen-bond acceptors (Lipinski definition) is 3. The summed E-state index contributed by atoms with van der Waals surface area (Å²) in [6.07, 6.45) is -2.92. The van der Waals surface area contributed by atoms with E-state index in [1.54, 1.807) is 0 Å². The van der Waals surface area contributed by atoms with Gasteiger partial charge in [-0.15, -0.1) is 5.10 Å². The van der Waals surface area contributed by atoms with Crippen molar-refractivity contribution in [2.24, 2.45) is 5.73 Å². The van der Waals surface area contributed by atoms with Crippen LogP contribution in [0.25, 0.3) is 0 Å². The van der Waals surface area contributed by atoms with Gasteiger partial charge in [0.2, 0.25) is 0 Å². The summed E-state index contributed by atoms with van der Waals surface area (Å²) in [7, 11) is 0. The van der Waals surface area contributed by atoms with Crippen molar-refractivity contribution < 1.29 is 13.2 Å². The van der Waals surface area contributed by atoms with Crippen LogP contribution < -0.4 is 5.73 Å².